The first kappa shape index (κ1) is 18.0. The third-order valence-corrected chi connectivity index (χ3v) is 4.07. The molecule has 1 heterocycles. The molecular weight excluding hydrogens is 354 g/mol. The van der Waals surface area contributed by atoms with Crippen molar-refractivity contribution in [3.05, 3.63) is 69.5 Å². The van der Waals surface area contributed by atoms with E-state index >= 15 is 0 Å². The number of nitrogens with one attached hydrogen (secondary N) is 1. The van der Waals surface area contributed by atoms with Gasteiger partial charge in [0.15, 0.2) is 6.61 Å². The Morgan fingerprint density at radius 1 is 1.15 bits per heavy atom. The summed E-state index contributed by atoms with van der Waals surface area (Å²) < 4.78 is 10.8. The van der Waals surface area contributed by atoms with Gasteiger partial charge in [-0.15, -0.1) is 0 Å². The van der Waals surface area contributed by atoms with Gasteiger partial charge in [-0.05, 0) is 48.4 Å². The van der Waals surface area contributed by atoms with E-state index in [-0.39, 0.29) is 12.5 Å². The quantitative estimate of drug-likeness (QED) is 0.651. The first-order valence-corrected chi connectivity index (χ1v) is 8.68. The second-order valence-corrected chi connectivity index (χ2v) is 6.28. The van der Waals surface area contributed by atoms with E-state index in [2.05, 4.69) is 12.2 Å². The monoisotopic (exact) mass is 371 g/mol. The van der Waals surface area contributed by atoms with Crippen molar-refractivity contribution in [3.63, 3.8) is 0 Å². The Balaban J connectivity index is 1.69. The van der Waals surface area contributed by atoms with Crippen LogP contribution < -0.4 is 15.7 Å². The number of benzene rings is 2. The molecule has 0 bridgehead atoms. The van der Waals surface area contributed by atoms with E-state index in [0.29, 0.717) is 22.0 Å². The van der Waals surface area contributed by atoms with Crippen molar-refractivity contribution in [2.75, 3.05) is 11.9 Å². The second-order valence-electron chi connectivity index (χ2n) is 5.84. The average Bonchev–Trinajstić information content (AvgIpc) is 2.62. The highest BCUT2D eigenvalue weighted by molar-refractivity contribution is 6.30. The molecule has 1 amide bonds. The maximum Gasteiger partial charge on any atom is 0.336 e. The summed E-state index contributed by atoms with van der Waals surface area (Å²) in [5, 5.41) is 4.19. The molecule has 0 aliphatic carbocycles. The minimum absolute atomic E-state index is 0.160. The highest BCUT2D eigenvalue weighted by Crippen LogP contribution is 2.23. The van der Waals surface area contributed by atoms with E-state index in [4.69, 9.17) is 20.8 Å². The number of fused-ring (bicyclic) bond motifs is 1. The van der Waals surface area contributed by atoms with Gasteiger partial charge in [-0.3, -0.25) is 4.79 Å². The minimum Gasteiger partial charge on any atom is -0.484 e. The third kappa shape index (κ3) is 4.43. The number of halogens is 1. The van der Waals surface area contributed by atoms with Crippen LogP contribution in [0.3, 0.4) is 0 Å². The van der Waals surface area contributed by atoms with E-state index in [1.54, 1.807) is 36.4 Å². The van der Waals surface area contributed by atoms with E-state index < -0.39 is 5.63 Å². The first-order valence-electron chi connectivity index (χ1n) is 8.30. The molecule has 0 unspecified atom stereocenters. The van der Waals surface area contributed by atoms with Crippen LogP contribution in [0.25, 0.3) is 11.0 Å². The maximum atomic E-state index is 12.0. The number of hydrogen-bond donors (Lipinski definition) is 1. The van der Waals surface area contributed by atoms with Crippen LogP contribution in [-0.2, 0) is 11.2 Å². The molecule has 0 aliphatic rings. The lowest BCUT2D eigenvalue weighted by Crippen LogP contribution is -2.20. The summed E-state index contributed by atoms with van der Waals surface area (Å²) in [5.41, 5.74) is 1.65. The first-order chi connectivity index (χ1) is 12.5. The summed E-state index contributed by atoms with van der Waals surface area (Å²) >= 11 is 5.81. The van der Waals surface area contributed by atoms with Gasteiger partial charge in [0, 0.05) is 28.2 Å². The number of aryl methyl sites for hydroxylation is 1. The van der Waals surface area contributed by atoms with Crippen LogP contribution in [0.5, 0.6) is 5.75 Å². The second kappa shape index (κ2) is 8.06. The van der Waals surface area contributed by atoms with Gasteiger partial charge >= 0.3 is 5.63 Å². The fourth-order valence-electron chi connectivity index (χ4n) is 2.66. The molecule has 2 aromatic carbocycles. The summed E-state index contributed by atoms with van der Waals surface area (Å²) in [4.78, 5) is 23.7. The molecule has 0 saturated carbocycles. The standard InChI is InChI=1S/C20H18ClNO4/c1-2-3-13-10-20(24)26-18-11-16(8-9-17(13)18)25-12-19(23)22-15-6-4-14(21)5-7-15/h4-11H,2-3,12H2,1H3,(H,22,23). The molecule has 0 fully saturated rings. The van der Waals surface area contributed by atoms with Crippen molar-refractivity contribution in [1.82, 2.24) is 0 Å². The molecule has 1 N–H and O–H groups in total. The van der Waals surface area contributed by atoms with E-state index in [1.165, 1.54) is 6.07 Å². The lowest BCUT2D eigenvalue weighted by atomic mass is 10.1. The van der Waals surface area contributed by atoms with Gasteiger partial charge in [0.1, 0.15) is 11.3 Å². The Morgan fingerprint density at radius 2 is 1.92 bits per heavy atom. The number of rotatable bonds is 6. The fraction of sp³-hybridized carbons (Fsp3) is 0.200. The van der Waals surface area contributed by atoms with Crippen molar-refractivity contribution in [1.29, 1.82) is 0 Å². The predicted molar refractivity (Wildman–Crippen MR) is 102 cm³/mol. The summed E-state index contributed by atoms with van der Waals surface area (Å²) in [5.74, 6) is 0.161. The molecule has 0 radical (unpaired) electrons. The summed E-state index contributed by atoms with van der Waals surface area (Å²) in [6.45, 7) is 1.89. The Kier molecular flexibility index (Phi) is 5.58. The number of carbonyl (C=O) groups is 1. The largest absolute Gasteiger partial charge is 0.484 e. The highest BCUT2D eigenvalue weighted by Gasteiger charge is 2.08. The van der Waals surface area contributed by atoms with E-state index in [9.17, 15) is 9.59 Å². The molecule has 6 heteroatoms. The van der Waals surface area contributed by atoms with Gasteiger partial charge in [0.2, 0.25) is 0 Å². The molecule has 5 nitrogen and oxygen atoms in total. The van der Waals surface area contributed by atoms with Gasteiger partial charge in [0.05, 0.1) is 0 Å². The highest BCUT2D eigenvalue weighted by atomic mass is 35.5. The summed E-state index contributed by atoms with van der Waals surface area (Å²) in [6.07, 6.45) is 1.73. The van der Waals surface area contributed by atoms with Crippen LogP contribution in [0.1, 0.15) is 18.9 Å². The summed E-state index contributed by atoms with van der Waals surface area (Å²) in [7, 11) is 0. The zero-order chi connectivity index (χ0) is 18.5. The molecule has 1 aromatic heterocycles. The van der Waals surface area contributed by atoms with Crippen LogP contribution in [0.2, 0.25) is 5.02 Å². The van der Waals surface area contributed by atoms with Crippen LogP contribution >= 0.6 is 11.6 Å². The van der Waals surface area contributed by atoms with Gasteiger partial charge in [-0.2, -0.15) is 0 Å². The van der Waals surface area contributed by atoms with Crippen molar-refractivity contribution >= 4 is 34.2 Å². The number of amides is 1. The molecule has 3 rings (SSSR count). The number of ether oxygens (including phenoxy) is 1. The molecule has 26 heavy (non-hydrogen) atoms. The van der Waals surface area contributed by atoms with E-state index in [1.807, 2.05) is 6.07 Å². The van der Waals surface area contributed by atoms with Crippen LogP contribution in [0, 0.1) is 0 Å². The van der Waals surface area contributed by atoms with Crippen molar-refractivity contribution in [2.45, 2.75) is 19.8 Å². The maximum absolute atomic E-state index is 12.0. The van der Waals surface area contributed by atoms with E-state index in [0.717, 1.165) is 23.8 Å². The Bertz CT molecular complexity index is 979. The molecule has 0 saturated heterocycles. The third-order valence-electron chi connectivity index (χ3n) is 3.82. The number of anilines is 1. The molecule has 134 valence electrons. The SMILES string of the molecule is CCCc1cc(=O)oc2cc(OCC(=O)Nc3ccc(Cl)cc3)ccc12. The molecule has 0 aliphatic heterocycles. The Morgan fingerprint density at radius 3 is 2.65 bits per heavy atom. The number of carbonyl (C=O) groups excluding carboxylic acids is 1. The molecule has 0 spiro atoms. The topological polar surface area (TPSA) is 68.5 Å². The van der Waals surface area contributed by atoms with Crippen molar-refractivity contribution < 1.29 is 13.9 Å². The van der Waals surface area contributed by atoms with Crippen LogP contribution in [0.15, 0.2) is 57.7 Å². The predicted octanol–water partition coefficient (Wildman–Crippen LogP) is 4.42. The Labute approximate surface area is 155 Å². The fourth-order valence-corrected chi connectivity index (χ4v) is 2.78. The van der Waals surface area contributed by atoms with Gasteiger partial charge < -0.3 is 14.5 Å². The van der Waals surface area contributed by atoms with Crippen molar-refractivity contribution in [3.8, 4) is 5.75 Å². The minimum atomic E-state index is -0.390. The molecular formula is C20H18ClNO4. The average molecular weight is 372 g/mol. The Hall–Kier alpha value is -2.79. The van der Waals surface area contributed by atoms with Crippen LogP contribution in [0.4, 0.5) is 5.69 Å². The normalized spacial score (nSPS) is 10.7. The molecule has 0 atom stereocenters. The lowest BCUT2D eigenvalue weighted by molar-refractivity contribution is -0.118. The van der Waals surface area contributed by atoms with Gasteiger partial charge in [0.25, 0.3) is 5.91 Å². The zero-order valence-corrected chi connectivity index (χ0v) is 15.0. The zero-order valence-electron chi connectivity index (χ0n) is 14.3. The summed E-state index contributed by atoms with van der Waals surface area (Å²) in [6, 6.07) is 13.6. The number of hydrogen-bond acceptors (Lipinski definition) is 4. The smallest absolute Gasteiger partial charge is 0.336 e. The van der Waals surface area contributed by atoms with Crippen molar-refractivity contribution in [2.24, 2.45) is 0 Å². The van der Waals surface area contributed by atoms with Gasteiger partial charge in [-0.25, -0.2) is 4.79 Å². The molecule has 3 aromatic rings. The lowest BCUT2D eigenvalue weighted by Gasteiger charge is -2.09. The van der Waals surface area contributed by atoms with Crippen LogP contribution in [-0.4, -0.2) is 12.5 Å². The van der Waals surface area contributed by atoms with Gasteiger partial charge in [-0.1, -0.05) is 24.9 Å².